The fourth-order valence-electron chi connectivity index (χ4n) is 4.35. The molecule has 2 amide bonds. The van der Waals surface area contributed by atoms with Gasteiger partial charge in [-0.25, -0.2) is 9.18 Å². The van der Waals surface area contributed by atoms with E-state index in [-0.39, 0.29) is 17.9 Å². The van der Waals surface area contributed by atoms with Gasteiger partial charge >= 0.3 is 6.03 Å². The second-order valence-corrected chi connectivity index (χ2v) is 8.59. The lowest BCUT2D eigenvalue weighted by molar-refractivity contribution is 0.193. The molecule has 0 radical (unpaired) electrons. The van der Waals surface area contributed by atoms with E-state index in [0.29, 0.717) is 18.7 Å². The van der Waals surface area contributed by atoms with E-state index in [1.54, 1.807) is 24.1 Å². The molecule has 32 heavy (non-hydrogen) atoms. The Bertz CT molecular complexity index is 1300. The highest BCUT2D eigenvalue weighted by Gasteiger charge is 2.35. The van der Waals surface area contributed by atoms with Gasteiger partial charge in [-0.2, -0.15) is 0 Å². The van der Waals surface area contributed by atoms with Crippen LogP contribution in [-0.4, -0.2) is 29.6 Å². The molecule has 1 aromatic heterocycles. The minimum atomic E-state index is -0.375. The molecule has 0 spiro atoms. The van der Waals surface area contributed by atoms with Gasteiger partial charge in [-0.3, -0.25) is 0 Å². The fourth-order valence-corrected chi connectivity index (χ4v) is 4.74. The highest BCUT2D eigenvalue weighted by atomic mass is 79.9. The molecule has 5 rings (SSSR count). The predicted octanol–water partition coefficient (Wildman–Crippen LogP) is 6.26. The molecule has 5 nitrogen and oxygen atoms in total. The van der Waals surface area contributed by atoms with Gasteiger partial charge in [0.2, 0.25) is 0 Å². The van der Waals surface area contributed by atoms with Crippen molar-refractivity contribution in [2.75, 3.05) is 19.0 Å². The maximum Gasteiger partial charge on any atom is 0.322 e. The Morgan fingerprint density at radius 2 is 1.94 bits per heavy atom. The lowest BCUT2D eigenvalue weighted by Crippen LogP contribution is -2.43. The number of carbonyl (C=O) groups excluding carboxylic acids is 1. The smallest absolute Gasteiger partial charge is 0.322 e. The first-order valence-corrected chi connectivity index (χ1v) is 11.1. The monoisotopic (exact) mass is 493 g/mol. The molecule has 0 unspecified atom stereocenters. The summed E-state index contributed by atoms with van der Waals surface area (Å²) in [6.45, 7) is 0.523. The molecular formula is C25H21BrFN3O2. The summed E-state index contributed by atoms with van der Waals surface area (Å²) in [5, 5.41) is 4.09. The lowest BCUT2D eigenvalue weighted by Gasteiger charge is -2.36. The van der Waals surface area contributed by atoms with Crippen molar-refractivity contribution in [1.82, 2.24) is 9.88 Å². The molecular weight excluding hydrogens is 473 g/mol. The van der Waals surface area contributed by atoms with Crippen LogP contribution in [0.25, 0.3) is 10.9 Å². The van der Waals surface area contributed by atoms with Gasteiger partial charge in [-0.05, 0) is 75.9 Å². The second kappa shape index (κ2) is 8.31. The van der Waals surface area contributed by atoms with Gasteiger partial charge < -0.3 is 19.9 Å². The van der Waals surface area contributed by atoms with Crippen LogP contribution >= 0.6 is 15.9 Å². The summed E-state index contributed by atoms with van der Waals surface area (Å²) in [5.41, 5.74) is 4.61. The number of anilines is 1. The normalized spacial score (nSPS) is 15.5. The molecule has 7 heteroatoms. The van der Waals surface area contributed by atoms with Crippen LogP contribution in [0, 0.1) is 5.82 Å². The van der Waals surface area contributed by atoms with Gasteiger partial charge in [0.15, 0.2) is 0 Å². The van der Waals surface area contributed by atoms with Crippen molar-refractivity contribution in [2.24, 2.45) is 0 Å². The lowest BCUT2D eigenvalue weighted by atomic mass is 9.92. The molecule has 2 N–H and O–H groups in total. The quantitative estimate of drug-likeness (QED) is 0.354. The van der Waals surface area contributed by atoms with Gasteiger partial charge in [0.05, 0.1) is 18.8 Å². The third-order valence-corrected chi connectivity index (χ3v) is 6.59. The highest BCUT2D eigenvalue weighted by molar-refractivity contribution is 9.10. The van der Waals surface area contributed by atoms with Gasteiger partial charge in [0, 0.05) is 27.6 Å². The maximum absolute atomic E-state index is 13.7. The third kappa shape index (κ3) is 3.62. The van der Waals surface area contributed by atoms with E-state index in [1.807, 2.05) is 42.5 Å². The van der Waals surface area contributed by atoms with E-state index in [2.05, 4.69) is 26.2 Å². The molecule has 1 atom stereocenters. The molecule has 0 fully saturated rings. The minimum absolute atomic E-state index is 0.215. The molecule has 162 valence electrons. The molecule has 1 aliphatic heterocycles. The van der Waals surface area contributed by atoms with Crippen molar-refractivity contribution >= 4 is 38.6 Å². The number of ether oxygens (including phenoxy) is 1. The number of aromatic nitrogens is 1. The number of benzene rings is 3. The van der Waals surface area contributed by atoms with Crippen molar-refractivity contribution in [3.8, 4) is 5.75 Å². The standard InChI is InChI=1S/C25H21BrFN3O2/c1-32-17-10-11-21-19(14-17)18-12-13-30(25(31)29-22-5-3-2-4-20(22)26)24(23(18)28-21)15-6-8-16(27)9-7-15/h2-11,14,24,28H,12-13H2,1H3,(H,29,31)/t24-/m0/s1. The highest BCUT2D eigenvalue weighted by Crippen LogP contribution is 2.39. The molecule has 0 saturated carbocycles. The van der Waals surface area contributed by atoms with Crippen molar-refractivity contribution in [2.45, 2.75) is 12.5 Å². The number of fused-ring (bicyclic) bond motifs is 3. The first kappa shape index (κ1) is 20.6. The Morgan fingerprint density at radius 1 is 1.16 bits per heavy atom. The number of methoxy groups -OCH3 is 1. The molecule has 2 heterocycles. The summed E-state index contributed by atoms with van der Waals surface area (Å²) in [5.74, 6) is 0.474. The largest absolute Gasteiger partial charge is 0.497 e. The van der Waals surface area contributed by atoms with Gasteiger partial charge in [0.25, 0.3) is 0 Å². The average Bonchev–Trinajstić information content (AvgIpc) is 3.18. The van der Waals surface area contributed by atoms with Crippen LogP contribution < -0.4 is 10.1 Å². The maximum atomic E-state index is 13.7. The summed E-state index contributed by atoms with van der Waals surface area (Å²) in [4.78, 5) is 18.7. The van der Waals surface area contributed by atoms with E-state index in [1.165, 1.54) is 12.1 Å². The SMILES string of the molecule is COc1ccc2[nH]c3c(c2c1)CCN(C(=O)Nc1ccccc1Br)[C@H]3c1ccc(F)cc1. The zero-order valence-corrected chi connectivity index (χ0v) is 18.9. The number of carbonyl (C=O) groups is 1. The zero-order chi connectivity index (χ0) is 22.2. The van der Waals surface area contributed by atoms with Crippen molar-refractivity contribution in [3.05, 3.63) is 93.8 Å². The van der Waals surface area contributed by atoms with Crippen molar-refractivity contribution < 1.29 is 13.9 Å². The van der Waals surface area contributed by atoms with Crippen molar-refractivity contribution in [3.63, 3.8) is 0 Å². The summed E-state index contributed by atoms with van der Waals surface area (Å²) in [7, 11) is 1.65. The van der Waals surface area contributed by atoms with Gasteiger partial charge in [-0.1, -0.05) is 24.3 Å². The number of urea groups is 1. The molecule has 0 saturated heterocycles. The Hall–Kier alpha value is -3.32. The fraction of sp³-hybridized carbons (Fsp3) is 0.160. The molecule has 1 aliphatic rings. The zero-order valence-electron chi connectivity index (χ0n) is 17.4. The Kier molecular flexibility index (Phi) is 5.35. The van der Waals surface area contributed by atoms with E-state index in [9.17, 15) is 9.18 Å². The number of hydrogen-bond donors (Lipinski definition) is 2. The van der Waals surface area contributed by atoms with E-state index in [4.69, 9.17) is 4.74 Å². The summed E-state index contributed by atoms with van der Waals surface area (Å²) in [6.07, 6.45) is 0.698. The predicted molar refractivity (Wildman–Crippen MR) is 127 cm³/mol. The van der Waals surface area contributed by atoms with Crippen LogP contribution in [0.5, 0.6) is 5.75 Å². The Labute approximate surface area is 193 Å². The van der Waals surface area contributed by atoms with Crippen LogP contribution in [-0.2, 0) is 6.42 Å². The molecule has 4 aromatic rings. The topological polar surface area (TPSA) is 57.4 Å². The van der Waals surface area contributed by atoms with E-state index >= 15 is 0 Å². The molecule has 0 bridgehead atoms. The Balaban J connectivity index is 1.59. The van der Waals surface area contributed by atoms with Gasteiger partial charge in [0.1, 0.15) is 11.6 Å². The molecule has 0 aliphatic carbocycles. The minimum Gasteiger partial charge on any atom is -0.497 e. The number of amides is 2. The number of aromatic amines is 1. The number of para-hydroxylation sites is 1. The number of halogens is 2. The third-order valence-electron chi connectivity index (χ3n) is 5.90. The number of nitrogens with zero attached hydrogens (tertiary/aromatic N) is 1. The van der Waals surface area contributed by atoms with Crippen LogP contribution in [0.4, 0.5) is 14.9 Å². The van der Waals surface area contributed by atoms with Gasteiger partial charge in [-0.15, -0.1) is 0 Å². The number of nitrogens with one attached hydrogen (secondary N) is 2. The second-order valence-electron chi connectivity index (χ2n) is 7.74. The van der Waals surface area contributed by atoms with Crippen LogP contribution in [0.1, 0.15) is 22.9 Å². The Morgan fingerprint density at radius 3 is 2.69 bits per heavy atom. The average molecular weight is 494 g/mol. The summed E-state index contributed by atoms with van der Waals surface area (Å²) < 4.78 is 19.9. The number of H-pyrrole nitrogens is 1. The van der Waals surface area contributed by atoms with Crippen LogP contribution in [0.2, 0.25) is 0 Å². The first-order valence-electron chi connectivity index (χ1n) is 10.3. The summed E-state index contributed by atoms with van der Waals surface area (Å²) in [6, 6.07) is 19.2. The number of rotatable bonds is 3. The van der Waals surface area contributed by atoms with E-state index in [0.717, 1.165) is 37.9 Å². The number of hydrogen-bond acceptors (Lipinski definition) is 2. The van der Waals surface area contributed by atoms with E-state index < -0.39 is 0 Å². The van der Waals surface area contributed by atoms with Crippen LogP contribution in [0.15, 0.2) is 71.2 Å². The first-order chi connectivity index (χ1) is 15.5. The molecule has 3 aromatic carbocycles. The van der Waals surface area contributed by atoms with Crippen LogP contribution in [0.3, 0.4) is 0 Å². The summed E-state index contributed by atoms with van der Waals surface area (Å²) >= 11 is 3.49. The van der Waals surface area contributed by atoms with Crippen molar-refractivity contribution in [1.29, 1.82) is 0 Å².